The third-order valence-electron chi connectivity index (χ3n) is 6.03. The lowest BCUT2D eigenvalue weighted by Gasteiger charge is -2.16. The minimum absolute atomic E-state index is 0.160. The van der Waals surface area contributed by atoms with E-state index in [4.69, 9.17) is 0 Å². The molecular weight excluding hydrogens is 406 g/mol. The van der Waals surface area contributed by atoms with Crippen molar-refractivity contribution in [2.24, 2.45) is 5.10 Å². The molecule has 33 heavy (non-hydrogen) atoms. The molecule has 0 saturated carbocycles. The number of para-hydroxylation sites is 1. The second-order valence-electron chi connectivity index (χ2n) is 8.03. The van der Waals surface area contributed by atoms with Gasteiger partial charge in [0, 0.05) is 28.4 Å². The first kappa shape index (κ1) is 20.7. The Hall–Kier alpha value is -4.18. The van der Waals surface area contributed by atoms with Gasteiger partial charge in [-0.3, -0.25) is 4.79 Å². The highest BCUT2D eigenvalue weighted by atomic mass is 16.2. The molecule has 5 aromatic rings. The first-order valence-electron chi connectivity index (χ1n) is 11.2. The number of benzene rings is 4. The number of hydrogen-bond donors (Lipinski definition) is 1. The van der Waals surface area contributed by atoms with Gasteiger partial charge in [-0.1, -0.05) is 84.9 Å². The molecule has 5 rings (SSSR count). The topological polar surface area (TPSA) is 46.4 Å². The van der Waals surface area contributed by atoms with Crippen molar-refractivity contribution in [2.45, 2.75) is 19.4 Å². The van der Waals surface area contributed by atoms with Crippen LogP contribution in [-0.4, -0.2) is 16.7 Å². The second kappa shape index (κ2) is 9.13. The molecule has 0 fully saturated rings. The maximum atomic E-state index is 13.1. The molecule has 162 valence electrons. The molecule has 0 atom stereocenters. The van der Waals surface area contributed by atoms with E-state index in [2.05, 4.69) is 58.4 Å². The third kappa shape index (κ3) is 4.03. The van der Waals surface area contributed by atoms with Crippen LogP contribution in [0.2, 0.25) is 0 Å². The monoisotopic (exact) mass is 431 g/mol. The number of hydrazone groups is 1. The Labute approximate surface area is 193 Å². The number of nitrogens with zero attached hydrogens (tertiary/aromatic N) is 2. The number of nitrogens with one attached hydrogen (secondary N) is 1. The number of aryl methyl sites for hydroxylation is 1. The summed E-state index contributed by atoms with van der Waals surface area (Å²) in [6.45, 7) is 3.07. The van der Waals surface area contributed by atoms with Gasteiger partial charge in [0.25, 0.3) is 5.91 Å². The summed E-state index contributed by atoms with van der Waals surface area (Å²) in [4.78, 5) is 13.1. The fourth-order valence-electron chi connectivity index (χ4n) is 4.51. The van der Waals surface area contributed by atoms with Gasteiger partial charge >= 0.3 is 0 Å². The van der Waals surface area contributed by atoms with Gasteiger partial charge in [-0.15, -0.1) is 0 Å². The summed E-state index contributed by atoms with van der Waals surface area (Å²) in [5, 5.41) is 6.71. The van der Waals surface area contributed by atoms with Crippen molar-refractivity contribution in [3.05, 3.63) is 120 Å². The molecule has 0 saturated heterocycles. The second-order valence-corrected chi connectivity index (χ2v) is 8.03. The molecule has 0 bridgehead atoms. The van der Waals surface area contributed by atoms with E-state index in [-0.39, 0.29) is 5.91 Å². The Morgan fingerprint density at radius 2 is 1.42 bits per heavy atom. The predicted molar refractivity (Wildman–Crippen MR) is 136 cm³/mol. The van der Waals surface area contributed by atoms with Gasteiger partial charge < -0.3 is 4.57 Å². The van der Waals surface area contributed by atoms with Crippen molar-refractivity contribution in [1.82, 2.24) is 9.99 Å². The van der Waals surface area contributed by atoms with Crippen LogP contribution < -0.4 is 5.43 Å². The molecule has 0 spiro atoms. The average Bonchev–Trinajstić information content (AvgIpc) is 3.18. The van der Waals surface area contributed by atoms with Crippen molar-refractivity contribution in [1.29, 1.82) is 0 Å². The molecule has 1 heterocycles. The van der Waals surface area contributed by atoms with E-state index >= 15 is 0 Å². The van der Waals surface area contributed by atoms with E-state index in [1.807, 2.05) is 66.7 Å². The quantitative estimate of drug-likeness (QED) is 0.256. The zero-order valence-electron chi connectivity index (χ0n) is 18.5. The largest absolute Gasteiger partial charge is 0.341 e. The average molecular weight is 432 g/mol. The Bertz CT molecular complexity index is 1400. The molecule has 4 nitrogen and oxygen atoms in total. The number of rotatable bonds is 6. The van der Waals surface area contributed by atoms with Crippen LogP contribution >= 0.6 is 0 Å². The van der Waals surface area contributed by atoms with Gasteiger partial charge in [0.05, 0.1) is 12.1 Å². The van der Waals surface area contributed by atoms with Crippen molar-refractivity contribution in [2.75, 3.05) is 0 Å². The van der Waals surface area contributed by atoms with E-state index in [0.717, 1.165) is 23.2 Å². The SMILES string of the molecule is CCn1c2ccccc2c2cc(/C=N/NC(=O)C(c3ccccc3)c3ccccc3)ccc21. The number of hydrogen-bond acceptors (Lipinski definition) is 2. The summed E-state index contributed by atoms with van der Waals surface area (Å²) in [5.74, 6) is -0.582. The highest BCUT2D eigenvalue weighted by molar-refractivity contribution is 6.09. The first-order chi connectivity index (χ1) is 16.3. The summed E-state index contributed by atoms with van der Waals surface area (Å²) in [6.07, 6.45) is 1.71. The molecule has 0 aliphatic heterocycles. The van der Waals surface area contributed by atoms with E-state index < -0.39 is 5.92 Å². The van der Waals surface area contributed by atoms with Crippen LogP contribution in [0.5, 0.6) is 0 Å². The van der Waals surface area contributed by atoms with Crippen LogP contribution in [0.4, 0.5) is 0 Å². The van der Waals surface area contributed by atoms with Crippen molar-refractivity contribution in [3.63, 3.8) is 0 Å². The zero-order chi connectivity index (χ0) is 22.6. The van der Waals surface area contributed by atoms with Crippen molar-refractivity contribution in [3.8, 4) is 0 Å². The number of carbonyl (C=O) groups is 1. The lowest BCUT2D eigenvalue weighted by Crippen LogP contribution is -2.26. The Kier molecular flexibility index (Phi) is 5.73. The number of carbonyl (C=O) groups excluding carboxylic acids is 1. The molecule has 0 aliphatic rings. The molecular formula is C29H25N3O. The van der Waals surface area contributed by atoms with Crippen LogP contribution in [0.15, 0.2) is 108 Å². The Morgan fingerprint density at radius 3 is 2.09 bits per heavy atom. The summed E-state index contributed by atoms with van der Waals surface area (Å²) >= 11 is 0. The number of aromatic nitrogens is 1. The molecule has 4 heteroatoms. The van der Waals surface area contributed by atoms with Gasteiger partial charge in [0.15, 0.2) is 0 Å². The van der Waals surface area contributed by atoms with Crippen molar-refractivity contribution < 1.29 is 4.79 Å². The number of fused-ring (bicyclic) bond motifs is 3. The minimum atomic E-state index is -0.422. The van der Waals surface area contributed by atoms with Crippen LogP contribution in [0.1, 0.15) is 29.5 Å². The van der Waals surface area contributed by atoms with Gasteiger partial charge in [-0.25, -0.2) is 5.43 Å². The number of amides is 1. The van der Waals surface area contributed by atoms with E-state index in [9.17, 15) is 4.79 Å². The standard InChI is InChI=1S/C29H25N3O/c1-2-32-26-16-10-9-15-24(26)25-19-21(17-18-27(25)32)20-30-31-29(33)28(22-11-5-3-6-12-22)23-13-7-4-8-14-23/h3-20,28H,2H2,1H3,(H,31,33)/b30-20+. The molecule has 1 amide bonds. The van der Waals surface area contributed by atoms with Crippen LogP contribution in [-0.2, 0) is 11.3 Å². The van der Waals surface area contributed by atoms with Crippen molar-refractivity contribution >= 4 is 33.9 Å². The molecule has 4 aromatic carbocycles. The highest BCUT2D eigenvalue weighted by Gasteiger charge is 2.22. The van der Waals surface area contributed by atoms with E-state index in [0.29, 0.717) is 0 Å². The summed E-state index contributed by atoms with van der Waals surface area (Å²) in [7, 11) is 0. The third-order valence-corrected chi connectivity index (χ3v) is 6.03. The summed E-state index contributed by atoms with van der Waals surface area (Å²) in [6, 6.07) is 34.3. The van der Waals surface area contributed by atoms with E-state index in [1.54, 1.807) is 6.21 Å². The van der Waals surface area contributed by atoms with Gasteiger partial charge in [0.2, 0.25) is 0 Å². The maximum Gasteiger partial charge on any atom is 0.252 e. The van der Waals surface area contributed by atoms with Gasteiger partial charge in [0.1, 0.15) is 0 Å². The minimum Gasteiger partial charge on any atom is -0.341 e. The molecule has 1 aromatic heterocycles. The summed E-state index contributed by atoms with van der Waals surface area (Å²) < 4.78 is 2.32. The van der Waals surface area contributed by atoms with Gasteiger partial charge in [-0.05, 0) is 41.8 Å². The smallest absolute Gasteiger partial charge is 0.252 e. The molecule has 0 radical (unpaired) electrons. The fourth-order valence-corrected chi connectivity index (χ4v) is 4.51. The first-order valence-corrected chi connectivity index (χ1v) is 11.2. The van der Waals surface area contributed by atoms with Crippen LogP contribution in [0.3, 0.4) is 0 Å². The Morgan fingerprint density at radius 1 is 0.818 bits per heavy atom. The van der Waals surface area contributed by atoms with Gasteiger partial charge in [-0.2, -0.15) is 5.10 Å². The van der Waals surface area contributed by atoms with Crippen LogP contribution in [0.25, 0.3) is 21.8 Å². The Balaban J connectivity index is 1.42. The normalized spacial score (nSPS) is 11.6. The lowest BCUT2D eigenvalue weighted by molar-refractivity contribution is -0.121. The zero-order valence-corrected chi connectivity index (χ0v) is 18.5. The molecule has 0 unspecified atom stereocenters. The predicted octanol–water partition coefficient (Wildman–Crippen LogP) is 6.10. The molecule has 0 aliphatic carbocycles. The lowest BCUT2D eigenvalue weighted by atomic mass is 9.91. The van der Waals surface area contributed by atoms with E-state index in [1.165, 1.54) is 21.8 Å². The summed E-state index contributed by atoms with van der Waals surface area (Å²) in [5.41, 5.74) is 8.00. The molecule has 1 N–H and O–H groups in total. The maximum absolute atomic E-state index is 13.1. The fraction of sp³-hybridized carbons (Fsp3) is 0.103. The highest BCUT2D eigenvalue weighted by Crippen LogP contribution is 2.29. The van der Waals surface area contributed by atoms with Crippen LogP contribution in [0, 0.1) is 0 Å².